The zero-order chi connectivity index (χ0) is 14.6. The minimum Gasteiger partial charge on any atom is -0.463 e. The number of benzene rings is 1. The summed E-state index contributed by atoms with van der Waals surface area (Å²) in [6.45, 7) is -1.20. The van der Waals surface area contributed by atoms with Crippen LogP contribution < -0.4 is 0 Å². The zero-order valence-electron chi connectivity index (χ0n) is 10.8. The molecule has 1 saturated heterocycles. The first kappa shape index (κ1) is 14.9. The Labute approximate surface area is 115 Å². The molecule has 20 heavy (non-hydrogen) atoms. The summed E-state index contributed by atoms with van der Waals surface area (Å²) in [4.78, 5) is 11.5. The number of ether oxygens (including phenoxy) is 2. The van der Waals surface area contributed by atoms with E-state index < -0.39 is 30.7 Å². The molecule has 0 bridgehead atoms. The Hall–Kier alpha value is -1.53. The number of aryl methyl sites for hydroxylation is 1. The Morgan fingerprint density at radius 1 is 1.40 bits per heavy atom. The first-order valence-corrected chi connectivity index (χ1v) is 6.36. The number of esters is 1. The lowest BCUT2D eigenvalue weighted by molar-refractivity contribution is -0.149. The van der Waals surface area contributed by atoms with Crippen LogP contribution in [0.15, 0.2) is 30.3 Å². The van der Waals surface area contributed by atoms with Gasteiger partial charge in [-0.2, -0.15) is 0 Å². The molecule has 1 heterocycles. The molecule has 1 fully saturated rings. The quantitative estimate of drug-likeness (QED) is 0.835. The van der Waals surface area contributed by atoms with E-state index in [-0.39, 0.29) is 13.0 Å². The maximum atomic E-state index is 13.0. The van der Waals surface area contributed by atoms with E-state index in [9.17, 15) is 18.7 Å². The Kier molecular flexibility index (Phi) is 4.67. The van der Waals surface area contributed by atoms with Gasteiger partial charge in [0.15, 0.2) is 0 Å². The van der Waals surface area contributed by atoms with Crippen molar-refractivity contribution in [2.24, 2.45) is 0 Å². The van der Waals surface area contributed by atoms with Crippen LogP contribution >= 0.6 is 0 Å². The first-order valence-electron chi connectivity index (χ1n) is 6.36. The molecule has 0 radical (unpaired) electrons. The number of alkyl halides is 2. The Morgan fingerprint density at radius 3 is 2.70 bits per heavy atom. The fourth-order valence-corrected chi connectivity index (χ4v) is 1.94. The highest BCUT2D eigenvalue weighted by Gasteiger charge is 2.51. The summed E-state index contributed by atoms with van der Waals surface area (Å²) < 4.78 is 35.5. The van der Waals surface area contributed by atoms with Crippen molar-refractivity contribution in [3.63, 3.8) is 0 Å². The zero-order valence-corrected chi connectivity index (χ0v) is 10.8. The van der Waals surface area contributed by atoms with Crippen LogP contribution in [0.1, 0.15) is 12.0 Å². The van der Waals surface area contributed by atoms with Crippen molar-refractivity contribution >= 4 is 5.97 Å². The average Bonchev–Trinajstić information content (AvgIpc) is 2.70. The molecule has 4 nitrogen and oxygen atoms in total. The van der Waals surface area contributed by atoms with Crippen LogP contribution in [-0.4, -0.2) is 42.4 Å². The van der Waals surface area contributed by atoms with E-state index in [0.29, 0.717) is 6.42 Å². The van der Waals surface area contributed by atoms with Crippen molar-refractivity contribution in [2.75, 3.05) is 13.2 Å². The molecule has 1 N–H and O–H groups in total. The van der Waals surface area contributed by atoms with Crippen molar-refractivity contribution in [2.45, 2.75) is 31.0 Å². The van der Waals surface area contributed by atoms with Gasteiger partial charge in [0.2, 0.25) is 0 Å². The van der Waals surface area contributed by atoms with Gasteiger partial charge in [0.1, 0.15) is 25.4 Å². The maximum Gasteiger partial charge on any atom is 0.306 e. The Morgan fingerprint density at radius 2 is 2.10 bits per heavy atom. The molecular formula is C14H16F2O4. The van der Waals surface area contributed by atoms with Crippen molar-refractivity contribution in [3.8, 4) is 0 Å². The van der Waals surface area contributed by atoms with Crippen LogP contribution in [-0.2, 0) is 20.7 Å². The van der Waals surface area contributed by atoms with Gasteiger partial charge in [-0.3, -0.25) is 4.79 Å². The summed E-state index contributed by atoms with van der Waals surface area (Å²) in [6.07, 6.45) is -2.41. The largest absolute Gasteiger partial charge is 0.463 e. The minimum atomic E-state index is -3.28. The van der Waals surface area contributed by atoms with Crippen molar-refractivity contribution < 1.29 is 28.2 Å². The molecule has 1 aliphatic rings. The first-order chi connectivity index (χ1) is 9.49. The van der Waals surface area contributed by atoms with Gasteiger partial charge in [-0.05, 0) is 12.0 Å². The molecule has 1 aliphatic heterocycles. The van der Waals surface area contributed by atoms with E-state index >= 15 is 0 Å². The van der Waals surface area contributed by atoms with Crippen molar-refractivity contribution in [1.29, 1.82) is 0 Å². The van der Waals surface area contributed by atoms with E-state index in [1.165, 1.54) is 0 Å². The van der Waals surface area contributed by atoms with Gasteiger partial charge in [-0.15, -0.1) is 0 Å². The van der Waals surface area contributed by atoms with Crippen molar-refractivity contribution in [3.05, 3.63) is 35.9 Å². The molecule has 1 aromatic carbocycles. The van der Waals surface area contributed by atoms with Crippen LogP contribution in [0, 0.1) is 0 Å². The fraction of sp³-hybridized carbons (Fsp3) is 0.500. The summed E-state index contributed by atoms with van der Waals surface area (Å²) >= 11 is 0. The molecule has 2 rings (SSSR count). The highest BCUT2D eigenvalue weighted by molar-refractivity contribution is 5.69. The second-order valence-corrected chi connectivity index (χ2v) is 4.72. The van der Waals surface area contributed by atoms with Gasteiger partial charge in [0, 0.05) is 6.42 Å². The van der Waals surface area contributed by atoms with Crippen LogP contribution in [0.25, 0.3) is 0 Å². The lowest BCUT2D eigenvalue weighted by Crippen LogP contribution is -2.38. The number of hydrogen-bond acceptors (Lipinski definition) is 4. The summed E-state index contributed by atoms with van der Waals surface area (Å²) in [7, 11) is 0. The SMILES string of the molecule is O=C(CCc1ccccc1)OCC1OCC(F)(F)C1O. The topological polar surface area (TPSA) is 55.8 Å². The predicted octanol–water partition coefficient (Wildman–Crippen LogP) is 1.56. The summed E-state index contributed by atoms with van der Waals surface area (Å²) in [5, 5.41) is 9.27. The molecule has 0 spiro atoms. The molecule has 0 aromatic heterocycles. The molecule has 0 saturated carbocycles. The third-order valence-electron chi connectivity index (χ3n) is 3.14. The van der Waals surface area contributed by atoms with E-state index in [0.717, 1.165) is 5.56 Å². The second kappa shape index (κ2) is 6.28. The summed E-state index contributed by atoms with van der Waals surface area (Å²) in [5.41, 5.74) is 0.994. The Balaban J connectivity index is 1.71. The predicted molar refractivity (Wildman–Crippen MR) is 66.4 cm³/mol. The summed E-state index contributed by atoms with van der Waals surface area (Å²) in [6, 6.07) is 9.38. The molecule has 0 aliphatic carbocycles. The van der Waals surface area contributed by atoms with Gasteiger partial charge in [-0.25, -0.2) is 8.78 Å². The van der Waals surface area contributed by atoms with Gasteiger partial charge < -0.3 is 14.6 Å². The number of carbonyl (C=O) groups is 1. The van der Waals surface area contributed by atoms with Crippen LogP contribution in [0.3, 0.4) is 0 Å². The number of carbonyl (C=O) groups excluding carboxylic acids is 1. The van der Waals surface area contributed by atoms with Crippen LogP contribution in [0.4, 0.5) is 8.78 Å². The van der Waals surface area contributed by atoms with Gasteiger partial charge in [0.25, 0.3) is 5.92 Å². The van der Waals surface area contributed by atoms with E-state index in [1.807, 2.05) is 30.3 Å². The maximum absolute atomic E-state index is 13.0. The molecule has 1 aromatic rings. The molecule has 110 valence electrons. The van der Waals surface area contributed by atoms with Gasteiger partial charge >= 0.3 is 5.97 Å². The minimum absolute atomic E-state index is 0.156. The highest BCUT2D eigenvalue weighted by atomic mass is 19.3. The standard InChI is InChI=1S/C14H16F2O4/c15-14(16)9-20-11(13(14)18)8-19-12(17)7-6-10-4-2-1-3-5-10/h1-5,11,13,18H,6-9H2. The van der Waals surface area contributed by atoms with E-state index in [4.69, 9.17) is 9.47 Å². The number of hydrogen-bond donors (Lipinski definition) is 1. The molecule has 0 amide bonds. The normalized spacial score (nSPS) is 24.6. The smallest absolute Gasteiger partial charge is 0.306 e. The number of aliphatic hydroxyl groups is 1. The van der Waals surface area contributed by atoms with Gasteiger partial charge in [0.05, 0.1) is 0 Å². The number of rotatable bonds is 5. The van der Waals surface area contributed by atoms with Crippen LogP contribution in [0.5, 0.6) is 0 Å². The number of aliphatic hydroxyl groups excluding tert-OH is 1. The van der Waals surface area contributed by atoms with Crippen LogP contribution in [0.2, 0.25) is 0 Å². The monoisotopic (exact) mass is 286 g/mol. The second-order valence-electron chi connectivity index (χ2n) is 4.72. The number of halogens is 2. The van der Waals surface area contributed by atoms with Gasteiger partial charge in [-0.1, -0.05) is 30.3 Å². The lowest BCUT2D eigenvalue weighted by atomic mass is 10.1. The average molecular weight is 286 g/mol. The lowest BCUT2D eigenvalue weighted by Gasteiger charge is -2.16. The third kappa shape index (κ3) is 3.74. The van der Waals surface area contributed by atoms with Crippen molar-refractivity contribution in [1.82, 2.24) is 0 Å². The third-order valence-corrected chi connectivity index (χ3v) is 3.14. The molecule has 2 atom stereocenters. The summed E-state index contributed by atoms with van der Waals surface area (Å²) in [5.74, 6) is -3.78. The molecular weight excluding hydrogens is 270 g/mol. The van der Waals surface area contributed by atoms with E-state index in [1.54, 1.807) is 0 Å². The highest BCUT2D eigenvalue weighted by Crippen LogP contribution is 2.30. The molecule has 6 heteroatoms. The Bertz CT molecular complexity index is 450. The van der Waals surface area contributed by atoms with E-state index in [2.05, 4.69) is 0 Å². The molecule has 2 unspecified atom stereocenters. The fourth-order valence-electron chi connectivity index (χ4n) is 1.94.